The van der Waals surface area contributed by atoms with Crippen LogP contribution in [-0.2, 0) is 0 Å². The number of H-pyrrole nitrogens is 1. The minimum Gasteiger partial charge on any atom is -0.297 e. The van der Waals surface area contributed by atoms with E-state index in [9.17, 15) is 9.59 Å². The highest BCUT2D eigenvalue weighted by atomic mass is 79.9. The van der Waals surface area contributed by atoms with Crippen LogP contribution >= 0.6 is 39.1 Å². The van der Waals surface area contributed by atoms with Crippen molar-refractivity contribution >= 4 is 39.1 Å². The van der Waals surface area contributed by atoms with Gasteiger partial charge in [0.15, 0.2) is 0 Å². The number of hydrogen-bond donors (Lipinski definition) is 1. The summed E-state index contributed by atoms with van der Waals surface area (Å²) >= 11 is 15.3. The zero-order valence-corrected chi connectivity index (χ0v) is 13.8. The van der Waals surface area contributed by atoms with Crippen molar-refractivity contribution in [2.75, 3.05) is 0 Å². The van der Waals surface area contributed by atoms with Crippen molar-refractivity contribution in [1.29, 1.82) is 0 Å². The third-order valence-electron chi connectivity index (χ3n) is 2.82. The van der Waals surface area contributed by atoms with Gasteiger partial charge in [-0.2, -0.15) is 0 Å². The molecule has 106 valence electrons. The summed E-state index contributed by atoms with van der Waals surface area (Å²) in [6, 6.07) is 4.94. The summed E-state index contributed by atoms with van der Waals surface area (Å²) in [5, 5.41) is 0.371. The molecule has 0 fully saturated rings. The van der Waals surface area contributed by atoms with Crippen molar-refractivity contribution in [3.63, 3.8) is 0 Å². The first-order chi connectivity index (χ1) is 9.32. The third-order valence-corrected chi connectivity index (χ3v) is 3.93. The van der Waals surface area contributed by atoms with Crippen LogP contribution in [-0.4, -0.2) is 9.55 Å². The lowest BCUT2D eigenvalue weighted by Gasteiger charge is -2.12. The average Bonchev–Trinajstić information content (AvgIpc) is 2.32. The van der Waals surface area contributed by atoms with Gasteiger partial charge in [0.2, 0.25) is 0 Å². The van der Waals surface area contributed by atoms with E-state index < -0.39 is 11.2 Å². The number of aromatic amines is 1. The molecule has 0 atom stereocenters. The predicted molar refractivity (Wildman–Crippen MR) is 84.5 cm³/mol. The second kappa shape index (κ2) is 5.76. The quantitative estimate of drug-likeness (QED) is 0.811. The molecular formula is C13H11BrCl2N2O2. The molecule has 1 heterocycles. The average molecular weight is 378 g/mol. The van der Waals surface area contributed by atoms with Crippen molar-refractivity contribution in [3.8, 4) is 5.69 Å². The molecule has 1 N–H and O–H groups in total. The van der Waals surface area contributed by atoms with Crippen molar-refractivity contribution in [2.24, 2.45) is 0 Å². The largest absolute Gasteiger partial charge is 0.334 e. The molecule has 0 aliphatic rings. The molecule has 2 rings (SSSR count). The fourth-order valence-electron chi connectivity index (χ4n) is 1.90. The van der Waals surface area contributed by atoms with Crippen LogP contribution in [0.5, 0.6) is 0 Å². The molecule has 0 saturated heterocycles. The van der Waals surface area contributed by atoms with Crippen LogP contribution in [0.3, 0.4) is 0 Å². The summed E-state index contributed by atoms with van der Waals surface area (Å²) in [5.74, 6) is -0.121. The van der Waals surface area contributed by atoms with Crippen LogP contribution in [0.2, 0.25) is 10.2 Å². The summed E-state index contributed by atoms with van der Waals surface area (Å²) in [6.07, 6.45) is 0. The first-order valence-electron chi connectivity index (χ1n) is 5.83. The van der Waals surface area contributed by atoms with Gasteiger partial charge in [-0.3, -0.25) is 9.78 Å². The number of nitrogens with one attached hydrogen (secondary N) is 1. The van der Waals surface area contributed by atoms with Crippen LogP contribution in [0.15, 0.2) is 32.3 Å². The molecule has 1 aromatic carbocycles. The SMILES string of the molecule is CC(C)c1c(Cl)[nH]c(=O)n(-c2cc(Br)ccc2Cl)c1=O. The van der Waals surface area contributed by atoms with Gasteiger partial charge in [-0.25, -0.2) is 9.36 Å². The number of rotatable bonds is 2. The van der Waals surface area contributed by atoms with E-state index in [1.807, 2.05) is 13.8 Å². The summed E-state index contributed by atoms with van der Waals surface area (Å²) < 4.78 is 1.71. The minimum absolute atomic E-state index is 0.0670. The van der Waals surface area contributed by atoms with Gasteiger partial charge in [0.1, 0.15) is 5.15 Å². The van der Waals surface area contributed by atoms with Crippen molar-refractivity contribution in [1.82, 2.24) is 9.55 Å². The molecule has 0 unspecified atom stereocenters. The third kappa shape index (κ3) is 2.71. The number of nitrogens with zero attached hydrogens (tertiary/aromatic N) is 1. The number of halogens is 3. The molecule has 0 radical (unpaired) electrons. The lowest BCUT2D eigenvalue weighted by Crippen LogP contribution is -2.36. The lowest BCUT2D eigenvalue weighted by atomic mass is 10.1. The Morgan fingerprint density at radius 1 is 1.25 bits per heavy atom. The van der Waals surface area contributed by atoms with E-state index in [2.05, 4.69) is 20.9 Å². The van der Waals surface area contributed by atoms with Gasteiger partial charge in [-0.15, -0.1) is 0 Å². The van der Waals surface area contributed by atoms with Gasteiger partial charge in [0, 0.05) is 4.47 Å². The Morgan fingerprint density at radius 2 is 1.90 bits per heavy atom. The summed E-state index contributed by atoms with van der Waals surface area (Å²) in [4.78, 5) is 27.0. The Hall–Kier alpha value is -1.04. The highest BCUT2D eigenvalue weighted by molar-refractivity contribution is 9.10. The first kappa shape index (κ1) is 15.4. The Labute approximate surface area is 133 Å². The van der Waals surface area contributed by atoms with Gasteiger partial charge < -0.3 is 0 Å². The van der Waals surface area contributed by atoms with E-state index in [-0.39, 0.29) is 11.1 Å². The predicted octanol–water partition coefficient (Wildman–Crippen LogP) is 3.72. The molecule has 0 aliphatic carbocycles. The highest BCUT2D eigenvalue weighted by Crippen LogP contribution is 2.24. The second-order valence-corrected chi connectivity index (χ2v) is 6.25. The van der Waals surface area contributed by atoms with Crippen LogP contribution in [0.25, 0.3) is 5.69 Å². The van der Waals surface area contributed by atoms with Gasteiger partial charge in [-0.05, 0) is 24.1 Å². The lowest BCUT2D eigenvalue weighted by molar-refractivity contribution is 0.777. The maximum absolute atomic E-state index is 12.5. The summed E-state index contributed by atoms with van der Waals surface area (Å²) in [7, 11) is 0. The molecule has 7 heteroatoms. The highest BCUT2D eigenvalue weighted by Gasteiger charge is 2.18. The van der Waals surface area contributed by atoms with E-state index in [0.717, 1.165) is 4.57 Å². The van der Waals surface area contributed by atoms with E-state index in [1.54, 1.807) is 18.2 Å². The Morgan fingerprint density at radius 3 is 2.50 bits per heavy atom. The molecule has 0 saturated carbocycles. The summed E-state index contributed by atoms with van der Waals surface area (Å²) in [5.41, 5.74) is -0.425. The maximum Gasteiger partial charge on any atom is 0.334 e. The minimum atomic E-state index is -0.621. The van der Waals surface area contributed by atoms with E-state index in [4.69, 9.17) is 23.2 Å². The molecule has 4 nitrogen and oxygen atoms in total. The molecule has 0 amide bonds. The fourth-order valence-corrected chi connectivity index (χ4v) is 2.83. The molecule has 1 aromatic heterocycles. The van der Waals surface area contributed by atoms with E-state index in [1.165, 1.54) is 0 Å². The van der Waals surface area contributed by atoms with Crippen LogP contribution in [0.1, 0.15) is 25.3 Å². The number of benzene rings is 1. The maximum atomic E-state index is 12.5. The molecule has 0 spiro atoms. The standard InChI is InChI=1S/C13H11BrCl2N2O2/c1-6(2)10-11(16)17-13(20)18(12(10)19)9-5-7(14)3-4-8(9)15/h3-6H,1-2H3,(H,17,20). The van der Waals surface area contributed by atoms with Gasteiger partial charge in [-0.1, -0.05) is 53.0 Å². The van der Waals surface area contributed by atoms with E-state index in [0.29, 0.717) is 20.7 Å². The summed E-state index contributed by atoms with van der Waals surface area (Å²) in [6.45, 7) is 3.65. The molecule has 0 aliphatic heterocycles. The molecular weight excluding hydrogens is 367 g/mol. The van der Waals surface area contributed by atoms with Gasteiger partial charge in [0.05, 0.1) is 16.3 Å². The number of hydrogen-bond acceptors (Lipinski definition) is 2. The van der Waals surface area contributed by atoms with Crippen LogP contribution in [0, 0.1) is 0 Å². The van der Waals surface area contributed by atoms with Crippen LogP contribution < -0.4 is 11.2 Å². The van der Waals surface area contributed by atoms with Crippen LogP contribution in [0.4, 0.5) is 0 Å². The smallest absolute Gasteiger partial charge is 0.297 e. The van der Waals surface area contributed by atoms with Gasteiger partial charge >= 0.3 is 5.69 Å². The fraction of sp³-hybridized carbons (Fsp3) is 0.231. The first-order valence-corrected chi connectivity index (χ1v) is 7.38. The zero-order chi connectivity index (χ0) is 15.0. The zero-order valence-electron chi connectivity index (χ0n) is 10.7. The second-order valence-electron chi connectivity index (χ2n) is 4.55. The van der Waals surface area contributed by atoms with Crippen molar-refractivity contribution in [3.05, 3.63) is 59.2 Å². The Kier molecular flexibility index (Phi) is 4.42. The molecule has 2 aromatic rings. The topological polar surface area (TPSA) is 54.9 Å². The van der Waals surface area contributed by atoms with E-state index >= 15 is 0 Å². The van der Waals surface area contributed by atoms with Gasteiger partial charge in [0.25, 0.3) is 5.56 Å². The normalized spacial score (nSPS) is 11.1. The molecule has 20 heavy (non-hydrogen) atoms. The Balaban J connectivity index is 2.88. The number of aromatic nitrogens is 2. The Bertz CT molecular complexity index is 781. The van der Waals surface area contributed by atoms with Crippen molar-refractivity contribution < 1.29 is 0 Å². The molecule has 0 bridgehead atoms. The monoisotopic (exact) mass is 376 g/mol. The van der Waals surface area contributed by atoms with Crippen molar-refractivity contribution in [2.45, 2.75) is 19.8 Å².